The van der Waals surface area contributed by atoms with Gasteiger partial charge in [0.15, 0.2) is 0 Å². The van der Waals surface area contributed by atoms with E-state index in [0.29, 0.717) is 0 Å². The quantitative estimate of drug-likeness (QED) is 0.668. The van der Waals surface area contributed by atoms with E-state index in [-0.39, 0.29) is 0 Å². The molecule has 7 heteroatoms. The van der Waals surface area contributed by atoms with Crippen LogP contribution < -0.4 is 5.32 Å². The Hall–Kier alpha value is -1.37. The normalized spacial score (nSPS) is 14.9. The van der Waals surface area contributed by atoms with E-state index in [4.69, 9.17) is 14.9 Å². The van der Waals surface area contributed by atoms with Crippen LogP contribution in [0.1, 0.15) is 27.2 Å². The lowest BCUT2D eigenvalue weighted by molar-refractivity contribution is -0.140. The Bertz CT molecular complexity index is 276. The number of hydrogen-bond acceptors (Lipinski definition) is 4. The van der Waals surface area contributed by atoms with Crippen molar-refractivity contribution in [1.29, 1.82) is 0 Å². The summed E-state index contributed by atoms with van der Waals surface area (Å²) in [5, 5.41) is 19.8. The van der Waals surface area contributed by atoms with Gasteiger partial charge in [-0.25, -0.2) is 14.0 Å². The molecular weight excluding hydrogens is 233 g/mol. The summed E-state index contributed by atoms with van der Waals surface area (Å²) < 4.78 is 16.9. The number of aliphatic carboxylic acids is 1. The molecule has 0 fully saturated rings. The highest BCUT2D eigenvalue weighted by atomic mass is 19.1. The fourth-order valence-electron chi connectivity index (χ4n) is 1.01. The molecule has 1 amide bonds. The van der Waals surface area contributed by atoms with E-state index in [1.807, 2.05) is 0 Å². The molecule has 2 unspecified atom stereocenters. The number of carbonyl (C=O) groups excluding carboxylic acids is 1. The lowest BCUT2D eigenvalue weighted by Crippen LogP contribution is -2.45. The highest BCUT2D eigenvalue weighted by Gasteiger charge is 2.26. The molecule has 0 saturated heterocycles. The van der Waals surface area contributed by atoms with Crippen molar-refractivity contribution in [3.8, 4) is 0 Å². The average molecular weight is 251 g/mol. The topological polar surface area (TPSA) is 95.9 Å². The van der Waals surface area contributed by atoms with Crippen molar-refractivity contribution in [2.45, 2.75) is 44.9 Å². The van der Waals surface area contributed by atoms with Crippen LogP contribution in [0.25, 0.3) is 0 Å². The zero-order chi connectivity index (χ0) is 13.6. The molecule has 0 aliphatic heterocycles. The van der Waals surface area contributed by atoms with E-state index in [9.17, 15) is 14.0 Å². The Balaban J connectivity index is 4.35. The van der Waals surface area contributed by atoms with Crippen LogP contribution >= 0.6 is 0 Å². The summed E-state index contributed by atoms with van der Waals surface area (Å²) in [6, 6.07) is -1.38. The smallest absolute Gasteiger partial charge is 0.408 e. The number of halogens is 1. The van der Waals surface area contributed by atoms with Gasteiger partial charge in [-0.1, -0.05) is 0 Å². The van der Waals surface area contributed by atoms with E-state index in [0.717, 1.165) is 0 Å². The number of ether oxygens (including phenoxy) is 1. The average Bonchev–Trinajstić information content (AvgIpc) is 2.13. The Morgan fingerprint density at radius 2 is 1.94 bits per heavy atom. The second-order valence-electron chi connectivity index (χ2n) is 4.58. The van der Waals surface area contributed by atoms with Crippen LogP contribution in [0.3, 0.4) is 0 Å². The van der Waals surface area contributed by atoms with Gasteiger partial charge < -0.3 is 20.3 Å². The summed E-state index contributed by atoms with van der Waals surface area (Å²) in [6.07, 6.45) is -2.76. The van der Waals surface area contributed by atoms with Crippen molar-refractivity contribution in [2.24, 2.45) is 0 Å². The first-order valence-corrected chi connectivity index (χ1v) is 5.12. The molecule has 17 heavy (non-hydrogen) atoms. The molecule has 0 heterocycles. The standard InChI is InChI=1S/C10H18FNO5/c1-10(2,3)17-9(16)12-7(8(14)15)4-6(13)5-11/h6-7,13H,4-5H2,1-3H3,(H,12,16)(H,14,15). The SMILES string of the molecule is CC(C)(C)OC(=O)NC(CC(O)CF)C(=O)O. The molecule has 0 aromatic rings. The molecule has 0 bridgehead atoms. The van der Waals surface area contributed by atoms with E-state index >= 15 is 0 Å². The zero-order valence-corrected chi connectivity index (χ0v) is 10.1. The molecule has 0 aliphatic carbocycles. The maximum atomic E-state index is 12.0. The first-order chi connectivity index (χ1) is 7.65. The number of hydrogen-bond donors (Lipinski definition) is 3. The maximum Gasteiger partial charge on any atom is 0.408 e. The third-order valence-corrected chi connectivity index (χ3v) is 1.67. The van der Waals surface area contributed by atoms with Crippen molar-refractivity contribution in [1.82, 2.24) is 5.32 Å². The van der Waals surface area contributed by atoms with Gasteiger partial charge in [-0.05, 0) is 20.8 Å². The first kappa shape index (κ1) is 15.6. The second kappa shape index (κ2) is 6.39. The number of carboxylic acid groups (broad SMARTS) is 1. The van der Waals surface area contributed by atoms with Gasteiger partial charge in [0.1, 0.15) is 18.3 Å². The lowest BCUT2D eigenvalue weighted by atomic mass is 10.1. The fraction of sp³-hybridized carbons (Fsp3) is 0.800. The monoisotopic (exact) mass is 251 g/mol. The second-order valence-corrected chi connectivity index (χ2v) is 4.58. The van der Waals surface area contributed by atoms with E-state index < -0.39 is 42.9 Å². The highest BCUT2D eigenvalue weighted by Crippen LogP contribution is 2.08. The molecule has 0 aromatic heterocycles. The van der Waals surface area contributed by atoms with Crippen LogP contribution in [-0.4, -0.2) is 46.7 Å². The predicted octanol–water partition coefficient (Wildman–Crippen LogP) is 0.685. The summed E-state index contributed by atoms with van der Waals surface area (Å²) in [5.74, 6) is -1.36. The summed E-state index contributed by atoms with van der Waals surface area (Å²) in [4.78, 5) is 22.0. The molecule has 0 saturated carbocycles. The van der Waals surface area contributed by atoms with Gasteiger partial charge >= 0.3 is 12.1 Å². The Labute approximate surface area is 98.8 Å². The number of nitrogens with one attached hydrogen (secondary N) is 1. The zero-order valence-electron chi connectivity index (χ0n) is 10.1. The maximum absolute atomic E-state index is 12.0. The fourth-order valence-corrected chi connectivity index (χ4v) is 1.01. The number of carboxylic acids is 1. The third-order valence-electron chi connectivity index (χ3n) is 1.67. The van der Waals surface area contributed by atoms with Crippen molar-refractivity contribution < 1.29 is 28.9 Å². The molecule has 6 nitrogen and oxygen atoms in total. The van der Waals surface area contributed by atoms with Crippen LogP contribution in [0.4, 0.5) is 9.18 Å². The van der Waals surface area contributed by atoms with Gasteiger partial charge in [-0.15, -0.1) is 0 Å². The van der Waals surface area contributed by atoms with Crippen molar-refractivity contribution in [3.63, 3.8) is 0 Å². The minimum absolute atomic E-state index is 0.412. The van der Waals surface area contributed by atoms with Crippen LogP contribution in [0.15, 0.2) is 0 Å². The van der Waals surface area contributed by atoms with E-state index in [1.54, 1.807) is 20.8 Å². The summed E-state index contributed by atoms with van der Waals surface area (Å²) in [5.41, 5.74) is -0.758. The molecule has 0 radical (unpaired) electrons. The number of alkyl halides is 1. The number of amides is 1. The van der Waals surface area contributed by atoms with Gasteiger partial charge in [0, 0.05) is 6.42 Å². The third kappa shape index (κ3) is 7.51. The van der Waals surface area contributed by atoms with Crippen molar-refractivity contribution in [2.75, 3.05) is 6.67 Å². The Morgan fingerprint density at radius 3 is 2.29 bits per heavy atom. The number of alkyl carbamates (subject to hydrolysis) is 1. The van der Waals surface area contributed by atoms with Gasteiger partial charge in [-0.3, -0.25) is 0 Å². The van der Waals surface area contributed by atoms with Gasteiger partial charge in [0.2, 0.25) is 0 Å². The summed E-state index contributed by atoms with van der Waals surface area (Å²) in [7, 11) is 0. The minimum Gasteiger partial charge on any atom is -0.480 e. The van der Waals surface area contributed by atoms with E-state index in [2.05, 4.69) is 5.32 Å². The van der Waals surface area contributed by atoms with Gasteiger partial charge in [-0.2, -0.15) is 0 Å². The molecule has 0 spiro atoms. The molecule has 2 atom stereocenters. The van der Waals surface area contributed by atoms with E-state index in [1.165, 1.54) is 0 Å². The van der Waals surface area contributed by atoms with Crippen molar-refractivity contribution in [3.05, 3.63) is 0 Å². The highest BCUT2D eigenvalue weighted by molar-refractivity contribution is 5.80. The summed E-state index contributed by atoms with van der Waals surface area (Å²) in [6.45, 7) is 3.80. The van der Waals surface area contributed by atoms with Crippen LogP contribution in [-0.2, 0) is 9.53 Å². The van der Waals surface area contributed by atoms with Crippen molar-refractivity contribution >= 4 is 12.1 Å². The predicted molar refractivity (Wildman–Crippen MR) is 57.4 cm³/mol. The van der Waals surface area contributed by atoms with Crippen LogP contribution in [0.2, 0.25) is 0 Å². The molecule has 0 aliphatic rings. The Morgan fingerprint density at radius 1 is 1.41 bits per heavy atom. The number of aliphatic hydroxyl groups excluding tert-OH is 1. The molecule has 0 rings (SSSR count). The minimum atomic E-state index is -1.42. The molecule has 3 N–H and O–H groups in total. The Kier molecular flexibility index (Phi) is 5.87. The number of carbonyl (C=O) groups is 2. The number of rotatable bonds is 5. The lowest BCUT2D eigenvalue weighted by Gasteiger charge is -2.22. The first-order valence-electron chi connectivity index (χ1n) is 5.12. The molecular formula is C10H18FNO5. The van der Waals surface area contributed by atoms with Gasteiger partial charge in [0.05, 0.1) is 6.10 Å². The molecule has 100 valence electrons. The van der Waals surface area contributed by atoms with Crippen LogP contribution in [0.5, 0.6) is 0 Å². The summed E-state index contributed by atoms with van der Waals surface area (Å²) >= 11 is 0. The number of aliphatic hydroxyl groups is 1. The van der Waals surface area contributed by atoms with Crippen LogP contribution in [0, 0.1) is 0 Å². The largest absolute Gasteiger partial charge is 0.480 e. The molecule has 0 aromatic carbocycles. The van der Waals surface area contributed by atoms with Gasteiger partial charge in [0.25, 0.3) is 0 Å².